The predicted octanol–water partition coefficient (Wildman–Crippen LogP) is 5.28. The summed E-state index contributed by atoms with van der Waals surface area (Å²) in [6, 6.07) is 14.6. The number of carbonyl (C=O) groups excluding carboxylic acids is 2. The number of hydrogen-bond donors (Lipinski definition) is 1. The summed E-state index contributed by atoms with van der Waals surface area (Å²) in [6.07, 6.45) is 5.99. The summed E-state index contributed by atoms with van der Waals surface area (Å²) >= 11 is 6.38. The second kappa shape index (κ2) is 11.9. The van der Waals surface area contributed by atoms with Crippen molar-refractivity contribution < 1.29 is 14.3 Å². The molecule has 0 spiro atoms. The summed E-state index contributed by atoms with van der Waals surface area (Å²) in [5.41, 5.74) is 1.86. The first-order chi connectivity index (χ1) is 15.5. The monoisotopic (exact) mass is 456 g/mol. The van der Waals surface area contributed by atoms with Crippen molar-refractivity contribution in [1.29, 1.82) is 0 Å². The van der Waals surface area contributed by atoms with Crippen molar-refractivity contribution in [3.05, 3.63) is 64.7 Å². The van der Waals surface area contributed by atoms with Gasteiger partial charge in [-0.2, -0.15) is 0 Å². The van der Waals surface area contributed by atoms with Crippen LogP contribution < -0.4 is 10.1 Å². The lowest BCUT2D eigenvalue weighted by Gasteiger charge is -2.33. The van der Waals surface area contributed by atoms with Gasteiger partial charge in [-0.1, -0.05) is 68.1 Å². The zero-order valence-corrected chi connectivity index (χ0v) is 19.7. The highest BCUT2D eigenvalue weighted by Gasteiger charge is 2.31. The van der Waals surface area contributed by atoms with Crippen molar-refractivity contribution in [1.82, 2.24) is 10.2 Å². The van der Waals surface area contributed by atoms with E-state index in [0.717, 1.165) is 36.8 Å². The topological polar surface area (TPSA) is 58.6 Å². The number of amides is 2. The Bertz CT molecular complexity index is 911. The molecule has 1 fully saturated rings. The van der Waals surface area contributed by atoms with Gasteiger partial charge in [-0.15, -0.1) is 0 Å². The Balaban J connectivity index is 1.76. The summed E-state index contributed by atoms with van der Waals surface area (Å²) in [7, 11) is 0. The van der Waals surface area contributed by atoms with Crippen LogP contribution in [0.25, 0.3) is 0 Å². The van der Waals surface area contributed by atoms with Crippen molar-refractivity contribution in [3.8, 4) is 5.75 Å². The summed E-state index contributed by atoms with van der Waals surface area (Å²) in [5.74, 6) is 0.295. The van der Waals surface area contributed by atoms with Crippen LogP contribution >= 0.6 is 11.6 Å². The van der Waals surface area contributed by atoms with Crippen LogP contribution in [0.5, 0.6) is 5.75 Å². The first kappa shape index (κ1) is 24.1. The zero-order valence-electron chi connectivity index (χ0n) is 19.0. The lowest BCUT2D eigenvalue weighted by atomic mass is 9.95. The van der Waals surface area contributed by atoms with E-state index in [9.17, 15) is 9.59 Å². The van der Waals surface area contributed by atoms with E-state index < -0.39 is 6.04 Å². The fourth-order valence-electron chi connectivity index (χ4n) is 4.21. The third kappa shape index (κ3) is 6.73. The minimum absolute atomic E-state index is 0.102. The Morgan fingerprint density at radius 1 is 1.12 bits per heavy atom. The molecule has 0 bridgehead atoms. The van der Waals surface area contributed by atoms with Crippen molar-refractivity contribution in [2.24, 2.45) is 0 Å². The molecule has 1 N–H and O–H groups in total. The Kier molecular flexibility index (Phi) is 8.98. The van der Waals surface area contributed by atoms with Gasteiger partial charge in [0.2, 0.25) is 5.91 Å². The maximum atomic E-state index is 13.3. The molecule has 0 aliphatic heterocycles. The molecule has 32 heavy (non-hydrogen) atoms. The van der Waals surface area contributed by atoms with Crippen LogP contribution in [-0.2, 0) is 16.1 Å². The molecule has 1 aliphatic rings. The maximum absolute atomic E-state index is 13.3. The SMILES string of the molecule is CC[C@@H](C(=O)NC1CCCCC1)N(Cc1ccccc1Cl)C(=O)COc1cccc(C)c1. The molecule has 2 amide bonds. The summed E-state index contributed by atoms with van der Waals surface area (Å²) in [4.78, 5) is 28.1. The van der Waals surface area contributed by atoms with E-state index >= 15 is 0 Å². The van der Waals surface area contributed by atoms with Crippen molar-refractivity contribution in [2.75, 3.05) is 6.61 Å². The van der Waals surface area contributed by atoms with E-state index in [4.69, 9.17) is 16.3 Å². The molecule has 172 valence electrons. The Morgan fingerprint density at radius 3 is 2.56 bits per heavy atom. The molecule has 0 saturated heterocycles. The Hall–Kier alpha value is -2.53. The third-order valence-corrected chi connectivity index (χ3v) is 6.36. The van der Waals surface area contributed by atoms with Crippen molar-refractivity contribution in [3.63, 3.8) is 0 Å². The Labute approximate surface area is 196 Å². The first-order valence-corrected chi connectivity index (χ1v) is 11.9. The van der Waals surface area contributed by atoms with Crippen LogP contribution in [0.1, 0.15) is 56.6 Å². The summed E-state index contributed by atoms with van der Waals surface area (Å²) < 4.78 is 5.77. The first-order valence-electron chi connectivity index (χ1n) is 11.5. The average molecular weight is 457 g/mol. The van der Waals surface area contributed by atoms with Gasteiger partial charge in [0.05, 0.1) is 0 Å². The van der Waals surface area contributed by atoms with Crippen LogP contribution in [0, 0.1) is 6.92 Å². The normalized spacial score (nSPS) is 15.1. The molecule has 2 aromatic rings. The van der Waals surface area contributed by atoms with Gasteiger partial charge in [-0.25, -0.2) is 0 Å². The smallest absolute Gasteiger partial charge is 0.261 e. The molecule has 6 heteroatoms. The Morgan fingerprint density at radius 2 is 1.88 bits per heavy atom. The van der Waals surface area contributed by atoms with E-state index in [0.29, 0.717) is 17.2 Å². The molecular weight excluding hydrogens is 424 g/mol. The van der Waals surface area contributed by atoms with E-state index in [1.807, 2.05) is 56.3 Å². The van der Waals surface area contributed by atoms with Gasteiger partial charge in [0.1, 0.15) is 11.8 Å². The molecule has 3 rings (SSSR count). The number of halogens is 1. The number of hydrogen-bond acceptors (Lipinski definition) is 3. The molecule has 1 saturated carbocycles. The number of ether oxygens (including phenoxy) is 1. The van der Waals surface area contributed by atoms with Crippen molar-refractivity contribution in [2.45, 2.75) is 71.0 Å². The fourth-order valence-corrected chi connectivity index (χ4v) is 4.40. The standard InChI is InChI=1S/C26H33ClN2O3/c1-3-24(26(31)28-21-12-5-4-6-13-21)29(17-20-11-7-8-15-23(20)27)25(30)18-32-22-14-9-10-19(2)16-22/h7-11,14-16,21,24H,3-6,12-13,17-18H2,1-2H3,(H,28,31)/t24-/m0/s1. The predicted molar refractivity (Wildman–Crippen MR) is 128 cm³/mol. The van der Waals surface area contributed by atoms with Gasteiger partial charge < -0.3 is 15.0 Å². The highest BCUT2D eigenvalue weighted by Crippen LogP contribution is 2.22. The fraction of sp³-hybridized carbons (Fsp3) is 0.462. The third-order valence-electron chi connectivity index (χ3n) is 5.99. The number of nitrogens with zero attached hydrogens (tertiary/aromatic N) is 1. The number of rotatable bonds is 9. The van der Waals surface area contributed by atoms with E-state index in [1.54, 1.807) is 11.0 Å². The van der Waals surface area contributed by atoms with Gasteiger partial charge in [0.15, 0.2) is 6.61 Å². The van der Waals surface area contributed by atoms with E-state index in [2.05, 4.69) is 5.32 Å². The highest BCUT2D eigenvalue weighted by atomic mass is 35.5. The molecule has 1 aliphatic carbocycles. The lowest BCUT2D eigenvalue weighted by molar-refractivity contribution is -0.143. The van der Waals surface area contributed by atoms with Crippen LogP contribution in [-0.4, -0.2) is 35.4 Å². The summed E-state index contributed by atoms with van der Waals surface area (Å²) in [5, 5.41) is 3.76. The van der Waals surface area contributed by atoms with Crippen LogP contribution in [0.2, 0.25) is 5.02 Å². The molecule has 1 atom stereocenters. The molecule has 0 heterocycles. The second-order valence-electron chi connectivity index (χ2n) is 8.49. The summed E-state index contributed by atoms with van der Waals surface area (Å²) in [6.45, 7) is 4.02. The number of benzene rings is 2. The van der Waals surface area contributed by atoms with Gasteiger partial charge >= 0.3 is 0 Å². The number of aryl methyl sites for hydroxylation is 1. The molecule has 0 radical (unpaired) electrons. The van der Waals surface area contributed by atoms with Crippen LogP contribution in [0.4, 0.5) is 0 Å². The quantitative estimate of drug-likeness (QED) is 0.558. The van der Waals surface area contributed by atoms with Gasteiger partial charge in [-0.05, 0) is 55.5 Å². The number of carbonyl (C=O) groups is 2. The van der Waals surface area contributed by atoms with Crippen molar-refractivity contribution >= 4 is 23.4 Å². The average Bonchev–Trinajstić information content (AvgIpc) is 2.79. The second-order valence-corrected chi connectivity index (χ2v) is 8.89. The molecule has 0 aromatic heterocycles. The van der Waals surface area contributed by atoms with Crippen LogP contribution in [0.3, 0.4) is 0 Å². The largest absolute Gasteiger partial charge is 0.484 e. The van der Waals surface area contributed by atoms with Gasteiger partial charge in [0, 0.05) is 17.6 Å². The zero-order chi connectivity index (χ0) is 22.9. The lowest BCUT2D eigenvalue weighted by Crippen LogP contribution is -2.52. The van der Waals surface area contributed by atoms with E-state index in [-0.39, 0.29) is 31.0 Å². The molecule has 2 aromatic carbocycles. The minimum atomic E-state index is -0.582. The van der Waals surface area contributed by atoms with Gasteiger partial charge in [0.25, 0.3) is 5.91 Å². The highest BCUT2D eigenvalue weighted by molar-refractivity contribution is 6.31. The van der Waals surface area contributed by atoms with Gasteiger partial charge in [-0.3, -0.25) is 9.59 Å². The molecular formula is C26H33ClN2O3. The molecule has 5 nitrogen and oxygen atoms in total. The number of nitrogens with one attached hydrogen (secondary N) is 1. The maximum Gasteiger partial charge on any atom is 0.261 e. The van der Waals surface area contributed by atoms with Crippen LogP contribution in [0.15, 0.2) is 48.5 Å². The molecule has 0 unspecified atom stereocenters. The minimum Gasteiger partial charge on any atom is -0.484 e. The van der Waals surface area contributed by atoms with E-state index in [1.165, 1.54) is 6.42 Å².